The Kier molecular flexibility index (Phi) is 2.14. The van der Waals surface area contributed by atoms with Crippen LogP contribution >= 0.6 is 0 Å². The molecule has 1 heterocycles. The molecule has 14 heavy (non-hydrogen) atoms. The van der Waals surface area contributed by atoms with E-state index < -0.39 is 0 Å². The summed E-state index contributed by atoms with van der Waals surface area (Å²) in [4.78, 5) is 16.3. The van der Waals surface area contributed by atoms with Gasteiger partial charge in [-0.3, -0.25) is 9.78 Å². The zero-order chi connectivity index (χ0) is 10.3. The van der Waals surface area contributed by atoms with Crippen molar-refractivity contribution in [1.82, 2.24) is 4.98 Å². The van der Waals surface area contributed by atoms with E-state index in [-0.39, 0.29) is 11.7 Å². The second-order valence-corrected chi connectivity index (χ2v) is 4.29. The summed E-state index contributed by atoms with van der Waals surface area (Å²) in [6.45, 7) is 6.12. The maximum Gasteiger partial charge on any atom is 0.167 e. The zero-order valence-corrected chi connectivity index (χ0v) is 8.87. The number of rotatable bonds is 0. The van der Waals surface area contributed by atoms with E-state index in [1.54, 1.807) is 0 Å². The van der Waals surface area contributed by atoms with Crippen molar-refractivity contribution in [2.24, 2.45) is 5.92 Å². The number of nitrogens with zero attached hydrogens (tertiary/aromatic N) is 1. The lowest BCUT2D eigenvalue weighted by Crippen LogP contribution is -2.23. The van der Waals surface area contributed by atoms with Crippen LogP contribution < -0.4 is 0 Å². The van der Waals surface area contributed by atoms with Crippen molar-refractivity contribution in [2.75, 3.05) is 0 Å². The van der Waals surface area contributed by atoms with Crippen LogP contribution in [-0.2, 0) is 0 Å². The largest absolute Gasteiger partial charge is 0.294 e. The van der Waals surface area contributed by atoms with Crippen molar-refractivity contribution < 1.29 is 4.79 Å². The van der Waals surface area contributed by atoms with E-state index in [0.29, 0.717) is 5.92 Å². The van der Waals surface area contributed by atoms with Crippen LogP contribution in [0.2, 0.25) is 0 Å². The highest BCUT2D eigenvalue weighted by molar-refractivity contribution is 5.99. The Morgan fingerprint density at radius 1 is 1.29 bits per heavy atom. The van der Waals surface area contributed by atoms with Crippen molar-refractivity contribution in [2.45, 2.75) is 33.1 Å². The molecule has 2 nitrogen and oxygen atoms in total. The maximum atomic E-state index is 11.8. The first kappa shape index (κ1) is 9.38. The number of ketones is 1. The smallest absolute Gasteiger partial charge is 0.167 e. The molecule has 0 amide bonds. The molecule has 0 saturated carbocycles. The molecule has 0 N–H and O–H groups in total. The summed E-state index contributed by atoms with van der Waals surface area (Å²) in [5.74, 6) is 0.824. The fourth-order valence-electron chi connectivity index (χ4n) is 2.18. The number of carbonyl (C=O) groups excluding carboxylic acids is 1. The summed E-state index contributed by atoms with van der Waals surface area (Å²) in [5.41, 5.74) is 2.83. The van der Waals surface area contributed by atoms with Gasteiger partial charge in [0, 0.05) is 17.2 Å². The van der Waals surface area contributed by atoms with Crippen molar-refractivity contribution in [3.63, 3.8) is 0 Å². The molecule has 74 valence electrons. The third kappa shape index (κ3) is 1.35. The van der Waals surface area contributed by atoms with Gasteiger partial charge in [0.15, 0.2) is 5.78 Å². The number of aryl methyl sites for hydroxylation is 1. The first-order valence-electron chi connectivity index (χ1n) is 5.11. The van der Waals surface area contributed by atoms with Gasteiger partial charge in [-0.25, -0.2) is 0 Å². The van der Waals surface area contributed by atoms with Gasteiger partial charge in [0.05, 0.1) is 5.69 Å². The first-order chi connectivity index (χ1) is 6.59. The van der Waals surface area contributed by atoms with Crippen LogP contribution in [0.1, 0.15) is 47.9 Å². The lowest BCUT2D eigenvalue weighted by Gasteiger charge is -2.25. The van der Waals surface area contributed by atoms with Crippen molar-refractivity contribution >= 4 is 5.78 Å². The lowest BCUT2D eigenvalue weighted by molar-refractivity contribution is 0.0905. The normalized spacial score (nSPS) is 26.1. The van der Waals surface area contributed by atoms with Crippen LogP contribution in [0.3, 0.4) is 0 Å². The Morgan fingerprint density at radius 3 is 2.71 bits per heavy atom. The molecule has 2 atom stereocenters. The van der Waals surface area contributed by atoms with Gasteiger partial charge in [-0.05, 0) is 31.4 Å². The van der Waals surface area contributed by atoms with Gasteiger partial charge in [0.25, 0.3) is 0 Å². The van der Waals surface area contributed by atoms with E-state index >= 15 is 0 Å². The molecular weight excluding hydrogens is 174 g/mol. The molecule has 1 aliphatic rings. The third-order valence-corrected chi connectivity index (χ3v) is 2.95. The molecule has 0 saturated heterocycles. The number of pyridine rings is 1. The second-order valence-electron chi connectivity index (χ2n) is 4.29. The van der Waals surface area contributed by atoms with E-state index in [4.69, 9.17) is 0 Å². The highest BCUT2D eigenvalue weighted by Crippen LogP contribution is 2.32. The van der Waals surface area contributed by atoms with Gasteiger partial charge in [0.2, 0.25) is 0 Å². The Morgan fingerprint density at radius 2 is 2.00 bits per heavy atom. The van der Waals surface area contributed by atoms with E-state index in [9.17, 15) is 4.79 Å². The molecule has 0 aromatic carbocycles. The van der Waals surface area contributed by atoms with Gasteiger partial charge in [-0.1, -0.05) is 13.8 Å². The van der Waals surface area contributed by atoms with Crippen LogP contribution in [0.4, 0.5) is 0 Å². The molecular formula is C12H15NO. The molecule has 0 bridgehead atoms. The molecule has 0 spiro atoms. The predicted molar refractivity (Wildman–Crippen MR) is 55.5 cm³/mol. The minimum Gasteiger partial charge on any atom is -0.294 e. The summed E-state index contributed by atoms with van der Waals surface area (Å²) in [5, 5.41) is 0. The fraction of sp³-hybridized carbons (Fsp3) is 0.500. The Balaban J connectivity index is 2.56. The minimum absolute atomic E-state index is 0.155. The molecule has 2 unspecified atom stereocenters. The second kappa shape index (κ2) is 3.19. The quantitative estimate of drug-likeness (QED) is 0.628. The molecule has 2 rings (SSSR count). The van der Waals surface area contributed by atoms with Crippen LogP contribution in [0.15, 0.2) is 12.1 Å². The number of carbonyl (C=O) groups is 1. The van der Waals surface area contributed by atoms with E-state index in [1.807, 2.05) is 26.0 Å². The fourth-order valence-corrected chi connectivity index (χ4v) is 2.18. The average Bonchev–Trinajstić information content (AvgIpc) is 2.14. The van der Waals surface area contributed by atoms with Gasteiger partial charge < -0.3 is 0 Å². The monoisotopic (exact) mass is 189 g/mol. The average molecular weight is 189 g/mol. The summed E-state index contributed by atoms with van der Waals surface area (Å²) in [6.07, 6.45) is 0.933. The van der Waals surface area contributed by atoms with Gasteiger partial charge in [-0.2, -0.15) is 0 Å². The predicted octanol–water partition coefficient (Wildman–Crippen LogP) is 2.72. The van der Waals surface area contributed by atoms with E-state index in [2.05, 4.69) is 11.9 Å². The van der Waals surface area contributed by atoms with Crippen LogP contribution in [0, 0.1) is 12.8 Å². The molecule has 1 aliphatic carbocycles. The molecule has 1 aromatic rings. The van der Waals surface area contributed by atoms with Gasteiger partial charge >= 0.3 is 0 Å². The number of hydrogen-bond donors (Lipinski definition) is 0. The van der Waals surface area contributed by atoms with Crippen LogP contribution in [0.5, 0.6) is 0 Å². The summed E-state index contributed by atoms with van der Waals surface area (Å²) in [7, 11) is 0. The minimum atomic E-state index is 0.155. The Hall–Kier alpha value is -1.18. The molecule has 0 fully saturated rings. The maximum absolute atomic E-state index is 11.8. The van der Waals surface area contributed by atoms with Gasteiger partial charge in [0.1, 0.15) is 0 Å². The third-order valence-electron chi connectivity index (χ3n) is 2.95. The van der Waals surface area contributed by atoms with Crippen LogP contribution in [-0.4, -0.2) is 10.8 Å². The topological polar surface area (TPSA) is 30.0 Å². The highest BCUT2D eigenvalue weighted by Gasteiger charge is 2.29. The first-order valence-corrected chi connectivity index (χ1v) is 5.11. The van der Waals surface area contributed by atoms with Crippen LogP contribution in [0.25, 0.3) is 0 Å². The lowest BCUT2D eigenvalue weighted by atomic mass is 9.80. The number of fused-ring (bicyclic) bond motifs is 1. The number of Topliss-reactive ketones (excluding diaryl/α,β-unsaturated/α-hetero) is 1. The molecule has 0 aliphatic heterocycles. The number of aromatic nitrogens is 1. The van der Waals surface area contributed by atoms with Gasteiger partial charge in [-0.15, -0.1) is 0 Å². The zero-order valence-electron chi connectivity index (χ0n) is 8.87. The molecule has 2 heteroatoms. The molecule has 0 radical (unpaired) electrons. The highest BCUT2D eigenvalue weighted by atomic mass is 16.1. The summed E-state index contributed by atoms with van der Waals surface area (Å²) >= 11 is 0. The SMILES string of the molecule is Cc1ccc2c(n1)C(C)CC(C)C2=O. The van der Waals surface area contributed by atoms with E-state index in [1.165, 1.54) is 0 Å². The van der Waals surface area contributed by atoms with Crippen molar-refractivity contribution in [3.8, 4) is 0 Å². The van der Waals surface area contributed by atoms with E-state index in [0.717, 1.165) is 23.4 Å². The molecule has 1 aromatic heterocycles. The standard InChI is InChI=1S/C12H15NO/c1-7-6-8(2)12(14)10-5-4-9(3)13-11(7)10/h4-5,7-8H,6H2,1-3H3. The summed E-state index contributed by atoms with van der Waals surface area (Å²) < 4.78 is 0. The van der Waals surface area contributed by atoms with Crippen molar-refractivity contribution in [1.29, 1.82) is 0 Å². The Bertz CT molecular complexity index is 384. The van der Waals surface area contributed by atoms with Crippen molar-refractivity contribution in [3.05, 3.63) is 29.1 Å². The Labute approximate surface area is 84.4 Å². The summed E-state index contributed by atoms with van der Waals surface area (Å²) in [6, 6.07) is 3.84. The number of hydrogen-bond acceptors (Lipinski definition) is 2.